The van der Waals surface area contributed by atoms with Crippen LogP contribution in [0, 0.1) is 20.8 Å². The van der Waals surface area contributed by atoms with E-state index >= 15 is 0 Å². The molecule has 20 heavy (non-hydrogen) atoms. The Bertz CT molecular complexity index is 730. The van der Waals surface area contributed by atoms with E-state index < -0.39 is 9.84 Å². The molecule has 5 heteroatoms. The fraction of sp³-hybridized carbons (Fsp3) is 0.400. The van der Waals surface area contributed by atoms with Gasteiger partial charge in [0.2, 0.25) is 0 Å². The summed E-state index contributed by atoms with van der Waals surface area (Å²) in [5.74, 6) is 0.519. The van der Waals surface area contributed by atoms with Gasteiger partial charge in [-0.15, -0.1) is 0 Å². The van der Waals surface area contributed by atoms with E-state index in [-0.39, 0.29) is 5.75 Å². The molecular weight excluding hydrogens is 274 g/mol. The molecular formula is C15H19NO3S. The summed E-state index contributed by atoms with van der Waals surface area (Å²) in [7, 11) is -3.39. The van der Waals surface area contributed by atoms with Gasteiger partial charge in [0, 0.05) is 5.56 Å². The van der Waals surface area contributed by atoms with E-state index in [1.807, 2.05) is 32.9 Å². The number of hydrogen-bond acceptors (Lipinski definition) is 4. The van der Waals surface area contributed by atoms with Gasteiger partial charge in [-0.25, -0.2) is 8.42 Å². The van der Waals surface area contributed by atoms with E-state index in [4.69, 9.17) is 4.52 Å². The molecule has 2 aromatic rings. The van der Waals surface area contributed by atoms with E-state index in [9.17, 15) is 8.42 Å². The maximum Gasteiger partial charge on any atom is 0.182 e. The van der Waals surface area contributed by atoms with Crippen molar-refractivity contribution in [2.24, 2.45) is 0 Å². The molecule has 0 atom stereocenters. The topological polar surface area (TPSA) is 60.2 Å². The molecule has 1 aromatic carbocycles. The third kappa shape index (κ3) is 2.77. The van der Waals surface area contributed by atoms with Crippen molar-refractivity contribution in [1.82, 2.24) is 5.16 Å². The van der Waals surface area contributed by atoms with Gasteiger partial charge in [0.1, 0.15) is 5.76 Å². The van der Waals surface area contributed by atoms with Crippen molar-refractivity contribution in [3.05, 3.63) is 46.3 Å². The molecule has 1 heterocycles. The number of rotatable bonds is 4. The molecule has 0 bridgehead atoms. The van der Waals surface area contributed by atoms with Gasteiger partial charge in [0.05, 0.1) is 16.3 Å². The number of aromatic nitrogens is 1. The van der Waals surface area contributed by atoms with Crippen LogP contribution in [-0.4, -0.2) is 13.6 Å². The van der Waals surface area contributed by atoms with Crippen molar-refractivity contribution in [1.29, 1.82) is 0 Å². The van der Waals surface area contributed by atoms with Crippen LogP contribution in [0.1, 0.15) is 35.1 Å². The highest BCUT2D eigenvalue weighted by molar-refractivity contribution is 7.90. The zero-order valence-corrected chi connectivity index (χ0v) is 13.0. The van der Waals surface area contributed by atoms with Gasteiger partial charge in [-0.1, -0.05) is 29.8 Å². The average Bonchev–Trinajstić information content (AvgIpc) is 2.69. The zero-order chi connectivity index (χ0) is 14.9. The fourth-order valence-electron chi connectivity index (χ4n) is 2.32. The Labute approximate surface area is 119 Å². The SMILES string of the molecule is CCc1noc(C)c1CS(=O)(=O)c1ccc(C)cc1C. The van der Waals surface area contributed by atoms with Gasteiger partial charge in [-0.2, -0.15) is 0 Å². The normalized spacial score (nSPS) is 11.8. The molecule has 0 fully saturated rings. The summed E-state index contributed by atoms with van der Waals surface area (Å²) in [4.78, 5) is 0.380. The average molecular weight is 293 g/mol. The zero-order valence-electron chi connectivity index (χ0n) is 12.2. The number of sulfone groups is 1. The molecule has 2 rings (SSSR count). The second kappa shape index (κ2) is 5.40. The Kier molecular flexibility index (Phi) is 3.99. The number of aryl methyl sites for hydroxylation is 4. The largest absolute Gasteiger partial charge is 0.361 e. The molecule has 0 unspecified atom stereocenters. The molecule has 1 aromatic heterocycles. The number of nitrogens with zero attached hydrogens (tertiary/aromatic N) is 1. The molecule has 0 amide bonds. The minimum atomic E-state index is -3.39. The Morgan fingerprint density at radius 3 is 2.50 bits per heavy atom. The highest BCUT2D eigenvalue weighted by Gasteiger charge is 2.23. The highest BCUT2D eigenvalue weighted by Crippen LogP contribution is 2.24. The van der Waals surface area contributed by atoms with Crippen molar-refractivity contribution < 1.29 is 12.9 Å². The van der Waals surface area contributed by atoms with Gasteiger partial charge in [-0.3, -0.25) is 0 Å². The van der Waals surface area contributed by atoms with Crippen molar-refractivity contribution in [3.8, 4) is 0 Å². The van der Waals surface area contributed by atoms with Crippen LogP contribution in [-0.2, 0) is 22.0 Å². The van der Waals surface area contributed by atoms with E-state index in [0.717, 1.165) is 16.8 Å². The van der Waals surface area contributed by atoms with Crippen LogP contribution >= 0.6 is 0 Å². The predicted octanol–water partition coefficient (Wildman–Crippen LogP) is 3.14. The summed E-state index contributed by atoms with van der Waals surface area (Å²) in [6.45, 7) is 7.45. The van der Waals surface area contributed by atoms with E-state index in [1.54, 1.807) is 13.0 Å². The Morgan fingerprint density at radius 1 is 1.20 bits per heavy atom. The molecule has 0 saturated carbocycles. The lowest BCUT2D eigenvalue weighted by Gasteiger charge is -2.08. The fourth-order valence-corrected chi connectivity index (χ4v) is 4.05. The van der Waals surface area contributed by atoms with Crippen molar-refractivity contribution in [2.75, 3.05) is 0 Å². The van der Waals surface area contributed by atoms with E-state index in [2.05, 4.69) is 5.16 Å². The van der Waals surface area contributed by atoms with Crippen LogP contribution in [0.4, 0.5) is 0 Å². The van der Waals surface area contributed by atoms with Gasteiger partial charge < -0.3 is 4.52 Å². The molecule has 0 radical (unpaired) electrons. The van der Waals surface area contributed by atoms with E-state index in [1.165, 1.54) is 0 Å². The summed E-state index contributed by atoms with van der Waals surface area (Å²) >= 11 is 0. The summed E-state index contributed by atoms with van der Waals surface area (Å²) in [6.07, 6.45) is 0.662. The second-order valence-corrected chi connectivity index (χ2v) is 7.00. The van der Waals surface area contributed by atoms with Gasteiger partial charge in [0.25, 0.3) is 0 Å². The van der Waals surface area contributed by atoms with E-state index in [0.29, 0.717) is 22.6 Å². The first-order valence-electron chi connectivity index (χ1n) is 6.59. The molecule has 0 spiro atoms. The summed E-state index contributed by atoms with van der Waals surface area (Å²) in [5, 5.41) is 3.91. The quantitative estimate of drug-likeness (QED) is 0.869. The molecule has 108 valence electrons. The lowest BCUT2D eigenvalue weighted by atomic mass is 10.2. The lowest BCUT2D eigenvalue weighted by molar-refractivity contribution is 0.390. The third-order valence-corrected chi connectivity index (χ3v) is 5.20. The van der Waals surface area contributed by atoms with Crippen molar-refractivity contribution >= 4 is 9.84 Å². The maximum absolute atomic E-state index is 12.6. The van der Waals surface area contributed by atoms with Crippen LogP contribution in [0.2, 0.25) is 0 Å². The number of hydrogen-bond donors (Lipinski definition) is 0. The van der Waals surface area contributed by atoms with Crippen LogP contribution < -0.4 is 0 Å². The van der Waals surface area contributed by atoms with Crippen molar-refractivity contribution in [2.45, 2.75) is 44.8 Å². The third-order valence-electron chi connectivity index (χ3n) is 3.40. The van der Waals surface area contributed by atoms with Crippen LogP contribution in [0.5, 0.6) is 0 Å². The summed E-state index contributed by atoms with van der Waals surface area (Å²) in [5.41, 5.74) is 3.23. The monoisotopic (exact) mass is 293 g/mol. The molecule has 0 N–H and O–H groups in total. The first kappa shape index (κ1) is 14.8. The maximum atomic E-state index is 12.6. The highest BCUT2D eigenvalue weighted by atomic mass is 32.2. The smallest absolute Gasteiger partial charge is 0.182 e. The van der Waals surface area contributed by atoms with Crippen molar-refractivity contribution in [3.63, 3.8) is 0 Å². The molecule has 0 aliphatic carbocycles. The predicted molar refractivity (Wildman–Crippen MR) is 77.4 cm³/mol. The van der Waals surface area contributed by atoms with Gasteiger partial charge in [0.15, 0.2) is 9.84 Å². The molecule has 4 nitrogen and oxygen atoms in total. The Balaban J connectivity index is 2.43. The summed E-state index contributed by atoms with van der Waals surface area (Å²) in [6, 6.07) is 5.38. The molecule has 0 aliphatic heterocycles. The minimum Gasteiger partial charge on any atom is -0.361 e. The lowest BCUT2D eigenvalue weighted by Crippen LogP contribution is -2.08. The van der Waals surface area contributed by atoms with Crippen LogP contribution in [0.3, 0.4) is 0 Å². The first-order valence-corrected chi connectivity index (χ1v) is 8.24. The molecule has 0 aliphatic rings. The van der Waals surface area contributed by atoms with Gasteiger partial charge >= 0.3 is 0 Å². The number of benzene rings is 1. The Morgan fingerprint density at radius 2 is 1.90 bits per heavy atom. The molecule has 0 saturated heterocycles. The minimum absolute atomic E-state index is 0.0601. The van der Waals surface area contributed by atoms with Crippen LogP contribution in [0.15, 0.2) is 27.6 Å². The van der Waals surface area contributed by atoms with Crippen LogP contribution in [0.25, 0.3) is 0 Å². The van der Waals surface area contributed by atoms with Gasteiger partial charge in [-0.05, 0) is 38.8 Å². The standard InChI is InChI=1S/C15H19NO3S/c1-5-14-13(12(4)19-16-14)9-20(17,18)15-7-6-10(2)8-11(15)3/h6-8H,5,9H2,1-4H3. The summed E-state index contributed by atoms with van der Waals surface area (Å²) < 4.78 is 30.3. The Hall–Kier alpha value is -1.62. The second-order valence-electron chi connectivity index (χ2n) is 5.05. The first-order chi connectivity index (χ1) is 9.35.